The molecule has 6 heteroatoms. The van der Waals surface area contributed by atoms with Gasteiger partial charge in [0.15, 0.2) is 6.10 Å². The molecule has 0 amide bonds. The van der Waals surface area contributed by atoms with Gasteiger partial charge >= 0.3 is 17.9 Å². The first-order chi connectivity index (χ1) is 34.5. The first-order valence-electron chi connectivity index (χ1n) is 30.3. The molecule has 1 unspecified atom stereocenters. The van der Waals surface area contributed by atoms with Crippen molar-refractivity contribution in [2.75, 3.05) is 13.2 Å². The standard InChI is InChI=1S/C64H114O6/c1-4-7-10-13-16-19-21-23-25-27-29-31-32-34-35-37-39-41-43-45-48-51-54-57-63(66)69-60-61(59-68-62(65)56-53-50-47-18-15-12-9-6-3)70-64(67)58-55-52-49-46-44-42-40-38-36-33-30-28-26-24-22-20-17-14-11-8-5-2/h8,11,17,20,24,26,30,33,38,40,61H,4-7,9-10,12-16,18-19,21-23,25,27-29,31-32,34-37,39,41-60H2,1-3H3/b11-8-,20-17-,26-24-,33-30-,40-38-. The maximum atomic E-state index is 12.8. The molecule has 0 rings (SSSR count). The first kappa shape index (κ1) is 67.1. The fourth-order valence-electron chi connectivity index (χ4n) is 8.77. The van der Waals surface area contributed by atoms with Crippen LogP contribution in [0, 0.1) is 0 Å². The Labute approximate surface area is 434 Å². The molecule has 70 heavy (non-hydrogen) atoms. The van der Waals surface area contributed by atoms with Crippen molar-refractivity contribution < 1.29 is 28.6 Å². The van der Waals surface area contributed by atoms with Crippen LogP contribution in [0.15, 0.2) is 60.8 Å². The Kier molecular flexibility index (Phi) is 56.3. The van der Waals surface area contributed by atoms with Crippen molar-refractivity contribution >= 4 is 17.9 Å². The molecule has 0 aromatic rings. The van der Waals surface area contributed by atoms with E-state index < -0.39 is 6.10 Å². The summed E-state index contributed by atoms with van der Waals surface area (Å²) >= 11 is 0. The number of rotatable bonds is 55. The van der Waals surface area contributed by atoms with Gasteiger partial charge in [-0.1, -0.05) is 287 Å². The number of carbonyl (C=O) groups excluding carboxylic acids is 3. The topological polar surface area (TPSA) is 78.9 Å². The number of hydrogen-bond donors (Lipinski definition) is 0. The van der Waals surface area contributed by atoms with Gasteiger partial charge in [-0.3, -0.25) is 14.4 Å². The van der Waals surface area contributed by atoms with Crippen LogP contribution in [0.1, 0.15) is 310 Å². The summed E-state index contributed by atoms with van der Waals surface area (Å²) in [6.07, 6.45) is 73.8. The van der Waals surface area contributed by atoms with Gasteiger partial charge in [-0.25, -0.2) is 0 Å². The van der Waals surface area contributed by atoms with E-state index in [-0.39, 0.29) is 31.1 Å². The van der Waals surface area contributed by atoms with Gasteiger partial charge in [-0.05, 0) is 64.2 Å². The molecular weight excluding hydrogens is 865 g/mol. The van der Waals surface area contributed by atoms with E-state index in [0.29, 0.717) is 19.3 Å². The summed E-state index contributed by atoms with van der Waals surface area (Å²) in [6, 6.07) is 0. The molecular formula is C64H114O6. The number of carbonyl (C=O) groups is 3. The molecule has 0 aliphatic heterocycles. The van der Waals surface area contributed by atoms with Crippen molar-refractivity contribution in [3.05, 3.63) is 60.8 Å². The van der Waals surface area contributed by atoms with E-state index >= 15 is 0 Å². The lowest BCUT2D eigenvalue weighted by molar-refractivity contribution is -0.167. The summed E-state index contributed by atoms with van der Waals surface area (Å²) in [5.41, 5.74) is 0. The summed E-state index contributed by atoms with van der Waals surface area (Å²) in [7, 11) is 0. The van der Waals surface area contributed by atoms with Crippen LogP contribution in [0.5, 0.6) is 0 Å². The maximum Gasteiger partial charge on any atom is 0.306 e. The largest absolute Gasteiger partial charge is 0.462 e. The van der Waals surface area contributed by atoms with Crippen LogP contribution in [-0.2, 0) is 28.6 Å². The molecule has 0 saturated heterocycles. The summed E-state index contributed by atoms with van der Waals surface area (Å²) in [5.74, 6) is -0.888. The molecule has 0 N–H and O–H groups in total. The highest BCUT2D eigenvalue weighted by molar-refractivity contribution is 5.71. The lowest BCUT2D eigenvalue weighted by Gasteiger charge is -2.18. The molecule has 0 aromatic carbocycles. The van der Waals surface area contributed by atoms with Gasteiger partial charge in [-0.15, -0.1) is 0 Å². The summed E-state index contributed by atoms with van der Waals surface area (Å²) < 4.78 is 16.8. The third kappa shape index (κ3) is 56.0. The molecule has 0 aromatic heterocycles. The first-order valence-corrected chi connectivity index (χ1v) is 30.3. The molecule has 0 saturated carbocycles. The van der Waals surface area contributed by atoms with Gasteiger partial charge in [-0.2, -0.15) is 0 Å². The smallest absolute Gasteiger partial charge is 0.306 e. The van der Waals surface area contributed by atoms with Gasteiger partial charge in [0, 0.05) is 19.3 Å². The maximum absolute atomic E-state index is 12.8. The SMILES string of the molecule is CC/C=C\C/C=C\C/C=C\C/C=C\C/C=C\CCCCCCCC(=O)OC(COC(=O)CCCCCCCCCC)COC(=O)CCCCCCCCCCCCCCCCCCCCCCCCC. The Morgan fingerprint density at radius 2 is 0.557 bits per heavy atom. The number of esters is 3. The molecule has 0 fully saturated rings. The van der Waals surface area contributed by atoms with E-state index in [2.05, 4.69) is 81.5 Å². The van der Waals surface area contributed by atoms with Crippen LogP contribution < -0.4 is 0 Å². The minimum Gasteiger partial charge on any atom is -0.462 e. The average molecular weight is 980 g/mol. The molecule has 0 heterocycles. The molecule has 0 spiro atoms. The summed E-state index contributed by atoms with van der Waals surface area (Å²) in [5, 5.41) is 0. The van der Waals surface area contributed by atoms with E-state index in [4.69, 9.17) is 14.2 Å². The fraction of sp³-hybridized carbons (Fsp3) is 0.797. The zero-order chi connectivity index (χ0) is 50.7. The van der Waals surface area contributed by atoms with Crippen LogP contribution in [0.25, 0.3) is 0 Å². The van der Waals surface area contributed by atoms with Crippen molar-refractivity contribution in [3.8, 4) is 0 Å². The molecule has 0 bridgehead atoms. The van der Waals surface area contributed by atoms with E-state index in [1.807, 2.05) is 0 Å². The van der Waals surface area contributed by atoms with E-state index in [1.54, 1.807) is 0 Å². The summed E-state index contributed by atoms with van der Waals surface area (Å²) in [4.78, 5) is 38.1. The summed E-state index contributed by atoms with van der Waals surface area (Å²) in [6.45, 7) is 6.52. The van der Waals surface area contributed by atoms with Gasteiger partial charge in [0.1, 0.15) is 13.2 Å². The second kappa shape index (κ2) is 58.7. The van der Waals surface area contributed by atoms with Crippen LogP contribution >= 0.6 is 0 Å². The van der Waals surface area contributed by atoms with E-state index in [9.17, 15) is 14.4 Å². The Hall–Kier alpha value is -2.89. The molecule has 6 nitrogen and oxygen atoms in total. The van der Waals surface area contributed by atoms with Gasteiger partial charge in [0.25, 0.3) is 0 Å². The minimum atomic E-state index is -0.781. The Bertz CT molecular complexity index is 1260. The number of allylic oxidation sites excluding steroid dienone is 10. The van der Waals surface area contributed by atoms with Crippen LogP contribution in [-0.4, -0.2) is 37.2 Å². The Balaban J connectivity index is 4.21. The molecule has 0 aliphatic carbocycles. The van der Waals surface area contributed by atoms with Crippen LogP contribution in [0.2, 0.25) is 0 Å². The molecule has 1 atom stereocenters. The normalized spacial score (nSPS) is 12.4. The van der Waals surface area contributed by atoms with Crippen molar-refractivity contribution in [1.29, 1.82) is 0 Å². The second-order valence-electron chi connectivity index (χ2n) is 20.2. The van der Waals surface area contributed by atoms with E-state index in [1.165, 1.54) is 161 Å². The molecule has 406 valence electrons. The highest BCUT2D eigenvalue weighted by Crippen LogP contribution is 2.17. The number of unbranched alkanes of at least 4 members (excludes halogenated alkanes) is 34. The third-order valence-corrected chi connectivity index (χ3v) is 13.3. The predicted molar refractivity (Wildman–Crippen MR) is 302 cm³/mol. The zero-order valence-electron chi connectivity index (χ0n) is 46.5. The van der Waals surface area contributed by atoms with Crippen molar-refractivity contribution in [2.24, 2.45) is 0 Å². The Morgan fingerprint density at radius 1 is 0.300 bits per heavy atom. The van der Waals surface area contributed by atoms with E-state index in [0.717, 1.165) is 109 Å². The van der Waals surface area contributed by atoms with Gasteiger partial charge in [0.05, 0.1) is 0 Å². The van der Waals surface area contributed by atoms with Crippen LogP contribution in [0.4, 0.5) is 0 Å². The third-order valence-electron chi connectivity index (χ3n) is 13.3. The van der Waals surface area contributed by atoms with Gasteiger partial charge in [0.2, 0.25) is 0 Å². The van der Waals surface area contributed by atoms with Gasteiger partial charge < -0.3 is 14.2 Å². The fourth-order valence-corrected chi connectivity index (χ4v) is 8.77. The Morgan fingerprint density at radius 3 is 0.871 bits per heavy atom. The van der Waals surface area contributed by atoms with Crippen molar-refractivity contribution in [3.63, 3.8) is 0 Å². The van der Waals surface area contributed by atoms with Crippen LogP contribution in [0.3, 0.4) is 0 Å². The van der Waals surface area contributed by atoms with Crippen molar-refractivity contribution in [2.45, 2.75) is 316 Å². The zero-order valence-corrected chi connectivity index (χ0v) is 46.5. The lowest BCUT2D eigenvalue weighted by atomic mass is 10.0. The average Bonchev–Trinajstić information content (AvgIpc) is 3.36. The monoisotopic (exact) mass is 979 g/mol. The number of hydrogen-bond acceptors (Lipinski definition) is 6. The van der Waals surface area contributed by atoms with Crippen molar-refractivity contribution in [1.82, 2.24) is 0 Å². The lowest BCUT2D eigenvalue weighted by Crippen LogP contribution is -2.30. The second-order valence-corrected chi connectivity index (χ2v) is 20.2. The quantitative estimate of drug-likeness (QED) is 0.0261. The minimum absolute atomic E-state index is 0.0786. The highest BCUT2D eigenvalue weighted by atomic mass is 16.6. The number of ether oxygens (including phenoxy) is 3. The predicted octanol–water partition coefficient (Wildman–Crippen LogP) is 20.4. The highest BCUT2D eigenvalue weighted by Gasteiger charge is 2.19. The molecule has 0 aliphatic rings. The molecule has 0 radical (unpaired) electrons.